The first-order chi connectivity index (χ1) is 8.83. The number of benzene rings is 2. The molecule has 4 heteroatoms. The quantitative estimate of drug-likeness (QED) is 0.732. The fraction of sp³-hybridized carbons (Fsp3) is 0.0714. The molecular weight excluding hydrogens is 244 g/mol. The van der Waals surface area contributed by atoms with E-state index in [1.165, 1.54) is 0 Å². The minimum absolute atomic E-state index is 0.487. The molecule has 1 N–H and O–H groups in total. The van der Waals surface area contributed by atoms with Gasteiger partial charge in [0.2, 0.25) is 0 Å². The van der Waals surface area contributed by atoms with Crippen molar-refractivity contribution in [1.82, 2.24) is 9.97 Å². The molecule has 0 amide bonds. The molecule has 3 rings (SSSR count). The van der Waals surface area contributed by atoms with E-state index in [4.69, 9.17) is 0 Å². The first-order valence-electron chi connectivity index (χ1n) is 5.70. The highest BCUT2D eigenvalue weighted by atomic mass is 32.2. The average molecular weight is 256 g/mol. The summed E-state index contributed by atoms with van der Waals surface area (Å²) in [7, 11) is 0. The maximum atomic E-state index is 12.2. The standard InChI is InChI=1S/C14H12N2OS/c17-18(10-11-6-2-1-3-7-11)14-15-12-8-4-5-9-13(12)16-14/h1-9H,10H2,(H,15,16). The molecule has 1 aromatic heterocycles. The molecule has 3 aromatic rings. The van der Waals surface area contributed by atoms with Gasteiger partial charge in [-0.3, -0.25) is 4.98 Å². The normalized spacial score (nSPS) is 12.7. The van der Waals surface area contributed by atoms with Gasteiger partial charge >= 0.3 is 5.16 Å². The second kappa shape index (κ2) is 4.84. The smallest absolute Gasteiger partial charge is 0.321 e. The van der Waals surface area contributed by atoms with Crippen LogP contribution in [0.3, 0.4) is 0 Å². The van der Waals surface area contributed by atoms with Crippen molar-refractivity contribution in [3.63, 3.8) is 0 Å². The summed E-state index contributed by atoms with van der Waals surface area (Å²) in [5.74, 6) is 0.487. The molecule has 0 saturated carbocycles. The summed E-state index contributed by atoms with van der Waals surface area (Å²) in [6.45, 7) is 0. The molecule has 1 unspecified atom stereocenters. The number of aromatic nitrogens is 2. The lowest BCUT2D eigenvalue weighted by Crippen LogP contribution is -2.06. The number of H-pyrrole nitrogens is 1. The maximum Gasteiger partial charge on any atom is 0.321 e. The first-order valence-corrected chi connectivity index (χ1v) is 7.02. The Labute approximate surface area is 108 Å². The third kappa shape index (κ3) is 2.25. The zero-order chi connectivity index (χ0) is 12.4. The van der Waals surface area contributed by atoms with Crippen LogP contribution in [0.25, 0.3) is 11.0 Å². The van der Waals surface area contributed by atoms with E-state index >= 15 is 0 Å². The Morgan fingerprint density at radius 1 is 1.00 bits per heavy atom. The van der Waals surface area contributed by atoms with Gasteiger partial charge in [0.05, 0.1) is 11.0 Å². The lowest BCUT2D eigenvalue weighted by atomic mass is 10.2. The lowest BCUT2D eigenvalue weighted by Gasteiger charge is -2.06. The van der Waals surface area contributed by atoms with Crippen LogP contribution >= 0.6 is 0 Å². The number of fused-ring (bicyclic) bond motifs is 1. The molecule has 0 aliphatic rings. The van der Waals surface area contributed by atoms with Gasteiger partial charge in [0, 0.05) is 16.7 Å². The number of hydrogen-bond donors (Lipinski definition) is 1. The van der Waals surface area contributed by atoms with Gasteiger partial charge in [-0.1, -0.05) is 42.5 Å². The van der Waals surface area contributed by atoms with Crippen LogP contribution in [0.5, 0.6) is 0 Å². The van der Waals surface area contributed by atoms with Crippen LogP contribution < -0.4 is 0 Å². The van der Waals surface area contributed by atoms with Crippen LogP contribution in [0.4, 0.5) is 0 Å². The highest BCUT2D eigenvalue weighted by molar-refractivity contribution is 7.90. The highest BCUT2D eigenvalue weighted by Gasteiger charge is 2.16. The summed E-state index contributed by atoms with van der Waals surface area (Å²) >= 11 is -1.13. The van der Waals surface area contributed by atoms with E-state index in [0.29, 0.717) is 10.9 Å². The van der Waals surface area contributed by atoms with Crippen LogP contribution in [-0.2, 0) is 16.9 Å². The molecule has 0 saturated heterocycles. The summed E-state index contributed by atoms with van der Waals surface area (Å²) in [6.07, 6.45) is 0. The van der Waals surface area contributed by atoms with E-state index < -0.39 is 11.2 Å². The van der Waals surface area contributed by atoms with Gasteiger partial charge in [-0.25, -0.2) is 0 Å². The zero-order valence-electron chi connectivity index (χ0n) is 9.67. The first kappa shape index (κ1) is 11.3. The largest absolute Gasteiger partial charge is 0.609 e. The molecule has 0 spiro atoms. The third-order valence-corrected chi connectivity index (χ3v) is 3.94. The molecule has 0 radical (unpaired) electrons. The van der Waals surface area contributed by atoms with Crippen molar-refractivity contribution in [3.8, 4) is 0 Å². The van der Waals surface area contributed by atoms with Gasteiger partial charge in [0.25, 0.3) is 0 Å². The Kier molecular flexibility index (Phi) is 3.04. The van der Waals surface area contributed by atoms with Crippen molar-refractivity contribution in [2.24, 2.45) is 0 Å². The molecule has 1 heterocycles. The lowest BCUT2D eigenvalue weighted by molar-refractivity contribution is 0.587. The van der Waals surface area contributed by atoms with Crippen LogP contribution in [0.2, 0.25) is 0 Å². The van der Waals surface area contributed by atoms with E-state index in [0.717, 1.165) is 16.6 Å². The monoisotopic (exact) mass is 256 g/mol. The van der Waals surface area contributed by atoms with Crippen LogP contribution in [0.1, 0.15) is 5.56 Å². The SMILES string of the molecule is [O-][S+](Cc1ccccc1)c1nc2ccccc2[nH]1. The third-order valence-electron chi connectivity index (χ3n) is 2.72. The number of aromatic amines is 1. The topological polar surface area (TPSA) is 51.7 Å². The van der Waals surface area contributed by atoms with Crippen LogP contribution in [-0.4, -0.2) is 14.5 Å². The molecule has 18 heavy (non-hydrogen) atoms. The van der Waals surface area contributed by atoms with Crippen LogP contribution in [0, 0.1) is 0 Å². The molecule has 0 bridgehead atoms. The maximum absolute atomic E-state index is 12.2. The Hall–Kier alpha value is -1.78. The minimum Gasteiger partial charge on any atom is -0.609 e. The molecular formula is C14H12N2OS. The van der Waals surface area contributed by atoms with Gasteiger partial charge in [0.15, 0.2) is 0 Å². The minimum atomic E-state index is -1.13. The predicted molar refractivity (Wildman–Crippen MR) is 72.6 cm³/mol. The van der Waals surface area contributed by atoms with E-state index in [2.05, 4.69) is 9.97 Å². The van der Waals surface area contributed by atoms with Gasteiger partial charge in [-0.2, -0.15) is 4.98 Å². The number of para-hydroxylation sites is 2. The number of nitrogens with zero attached hydrogens (tertiary/aromatic N) is 1. The molecule has 0 fully saturated rings. The summed E-state index contributed by atoms with van der Waals surface area (Å²) < 4.78 is 12.2. The molecule has 0 aliphatic heterocycles. The van der Waals surface area contributed by atoms with E-state index in [-0.39, 0.29) is 0 Å². The van der Waals surface area contributed by atoms with Crippen molar-refractivity contribution in [3.05, 3.63) is 60.2 Å². The Morgan fingerprint density at radius 2 is 1.72 bits per heavy atom. The zero-order valence-corrected chi connectivity index (χ0v) is 10.5. The molecule has 3 nitrogen and oxygen atoms in total. The number of hydrogen-bond acceptors (Lipinski definition) is 2. The molecule has 90 valence electrons. The van der Waals surface area contributed by atoms with Gasteiger partial charge in [-0.05, 0) is 12.1 Å². The fourth-order valence-electron chi connectivity index (χ4n) is 1.83. The van der Waals surface area contributed by atoms with Gasteiger partial charge in [-0.15, -0.1) is 0 Å². The highest BCUT2D eigenvalue weighted by Crippen LogP contribution is 2.17. The van der Waals surface area contributed by atoms with Gasteiger partial charge in [0.1, 0.15) is 5.75 Å². The van der Waals surface area contributed by atoms with Crippen molar-refractivity contribution in [2.45, 2.75) is 10.9 Å². The van der Waals surface area contributed by atoms with E-state index in [9.17, 15) is 4.55 Å². The molecule has 0 aliphatic carbocycles. The number of rotatable bonds is 3. The Balaban J connectivity index is 1.86. The average Bonchev–Trinajstić information content (AvgIpc) is 2.84. The second-order valence-electron chi connectivity index (χ2n) is 4.03. The summed E-state index contributed by atoms with van der Waals surface area (Å²) in [6, 6.07) is 17.5. The van der Waals surface area contributed by atoms with Crippen molar-refractivity contribution in [2.75, 3.05) is 0 Å². The second-order valence-corrected chi connectivity index (χ2v) is 5.40. The number of imidazole rings is 1. The fourth-order valence-corrected chi connectivity index (χ4v) is 2.89. The summed E-state index contributed by atoms with van der Waals surface area (Å²) in [5, 5.41) is 0.542. The molecule has 2 aromatic carbocycles. The van der Waals surface area contributed by atoms with Crippen LogP contribution in [0.15, 0.2) is 59.8 Å². The number of nitrogens with one attached hydrogen (secondary N) is 1. The summed E-state index contributed by atoms with van der Waals surface area (Å²) in [5.41, 5.74) is 2.83. The van der Waals surface area contributed by atoms with Crippen molar-refractivity contribution in [1.29, 1.82) is 0 Å². The predicted octanol–water partition coefficient (Wildman–Crippen LogP) is 2.87. The van der Waals surface area contributed by atoms with E-state index in [1.54, 1.807) is 0 Å². The van der Waals surface area contributed by atoms with Gasteiger partial charge < -0.3 is 4.55 Å². The summed E-state index contributed by atoms with van der Waals surface area (Å²) in [4.78, 5) is 7.46. The Morgan fingerprint density at radius 3 is 2.50 bits per heavy atom. The van der Waals surface area contributed by atoms with E-state index in [1.807, 2.05) is 54.6 Å². The van der Waals surface area contributed by atoms with Crippen molar-refractivity contribution < 1.29 is 4.55 Å². The van der Waals surface area contributed by atoms with Crippen molar-refractivity contribution >= 4 is 22.2 Å². The molecule has 1 atom stereocenters. The Bertz CT molecular complexity index is 618.